The van der Waals surface area contributed by atoms with Crippen LogP contribution < -0.4 is 0 Å². The molecule has 90 valence electrons. The van der Waals surface area contributed by atoms with E-state index in [1.807, 2.05) is 38.1 Å². The maximum Gasteiger partial charge on any atom is 0.113 e. The highest BCUT2D eigenvalue weighted by atomic mass is 79.9. The molecule has 0 radical (unpaired) electrons. The van der Waals surface area contributed by atoms with E-state index < -0.39 is 6.10 Å². The molecule has 0 saturated heterocycles. The topological polar surface area (TPSA) is 20.2 Å². The van der Waals surface area contributed by atoms with Crippen molar-refractivity contribution in [3.63, 3.8) is 0 Å². The molecule has 1 atom stereocenters. The zero-order chi connectivity index (χ0) is 12.6. The highest BCUT2D eigenvalue weighted by Crippen LogP contribution is 2.34. The van der Waals surface area contributed by atoms with E-state index in [0.29, 0.717) is 0 Å². The van der Waals surface area contributed by atoms with Crippen molar-refractivity contribution < 1.29 is 5.11 Å². The number of thiophene rings is 1. The van der Waals surface area contributed by atoms with Crippen molar-refractivity contribution in [1.82, 2.24) is 0 Å². The summed E-state index contributed by atoms with van der Waals surface area (Å²) in [7, 11) is 0. The van der Waals surface area contributed by atoms with Gasteiger partial charge in [0.2, 0.25) is 0 Å². The molecule has 1 aromatic carbocycles. The van der Waals surface area contributed by atoms with E-state index in [1.54, 1.807) is 11.3 Å². The summed E-state index contributed by atoms with van der Waals surface area (Å²) in [5.41, 5.74) is 2.06. The van der Waals surface area contributed by atoms with Gasteiger partial charge in [-0.1, -0.05) is 28.1 Å². The molecule has 0 aliphatic carbocycles. The minimum Gasteiger partial charge on any atom is -0.383 e. The molecule has 0 aliphatic heterocycles. The second kappa shape index (κ2) is 5.22. The summed E-state index contributed by atoms with van der Waals surface area (Å²) in [5, 5.41) is 10.3. The van der Waals surface area contributed by atoms with Crippen LogP contribution in [0.1, 0.15) is 27.0 Å². The van der Waals surface area contributed by atoms with Gasteiger partial charge in [0.15, 0.2) is 0 Å². The van der Waals surface area contributed by atoms with Crippen molar-refractivity contribution >= 4 is 43.2 Å². The summed E-state index contributed by atoms with van der Waals surface area (Å²) in [6.07, 6.45) is -0.545. The Morgan fingerprint density at radius 2 is 1.82 bits per heavy atom. The summed E-state index contributed by atoms with van der Waals surface area (Å²) in [4.78, 5) is 2.16. The molecular weight excluding hydrogens is 364 g/mol. The number of aliphatic hydroxyl groups excluding tert-OH is 1. The number of benzene rings is 1. The molecule has 2 rings (SSSR count). The third-order valence-electron chi connectivity index (χ3n) is 2.64. The molecule has 0 bridgehead atoms. The number of aryl methyl sites for hydroxylation is 2. The van der Waals surface area contributed by atoms with Crippen molar-refractivity contribution in [2.75, 3.05) is 0 Å². The highest BCUT2D eigenvalue weighted by molar-refractivity contribution is 9.10. The predicted octanol–water partition coefficient (Wildman–Crippen LogP) is 4.97. The normalized spacial score (nSPS) is 12.8. The predicted molar refractivity (Wildman–Crippen MR) is 79.7 cm³/mol. The van der Waals surface area contributed by atoms with E-state index >= 15 is 0 Å². The van der Waals surface area contributed by atoms with Gasteiger partial charge in [-0.15, -0.1) is 11.3 Å². The van der Waals surface area contributed by atoms with Gasteiger partial charge >= 0.3 is 0 Å². The van der Waals surface area contributed by atoms with E-state index in [9.17, 15) is 5.11 Å². The van der Waals surface area contributed by atoms with Gasteiger partial charge in [-0.2, -0.15) is 0 Å². The van der Waals surface area contributed by atoms with Gasteiger partial charge in [0, 0.05) is 18.7 Å². The molecule has 1 unspecified atom stereocenters. The molecule has 17 heavy (non-hydrogen) atoms. The van der Waals surface area contributed by atoms with Crippen molar-refractivity contribution in [3.05, 3.63) is 54.1 Å². The Bertz CT molecular complexity index is 529. The van der Waals surface area contributed by atoms with E-state index in [1.165, 1.54) is 4.88 Å². The Balaban J connectivity index is 2.36. The first-order valence-corrected chi connectivity index (χ1v) is 7.59. The smallest absolute Gasteiger partial charge is 0.113 e. The lowest BCUT2D eigenvalue weighted by atomic mass is 10.1. The average Bonchev–Trinajstić information content (AvgIpc) is 2.62. The van der Waals surface area contributed by atoms with Crippen LogP contribution in [-0.2, 0) is 0 Å². The first-order chi connectivity index (χ1) is 7.99. The van der Waals surface area contributed by atoms with Gasteiger partial charge in [0.1, 0.15) is 6.10 Å². The molecule has 1 aromatic heterocycles. The largest absolute Gasteiger partial charge is 0.383 e. The summed E-state index contributed by atoms with van der Waals surface area (Å²) in [6.45, 7) is 4.06. The van der Waals surface area contributed by atoms with Gasteiger partial charge in [-0.3, -0.25) is 0 Å². The SMILES string of the molecule is Cc1cc(C(O)c2cc(Br)c(C)s2)ccc1Br. The Labute approximate surface area is 122 Å². The van der Waals surface area contributed by atoms with Crippen LogP contribution in [0.3, 0.4) is 0 Å². The Morgan fingerprint density at radius 1 is 1.12 bits per heavy atom. The van der Waals surface area contributed by atoms with Crippen LogP contribution in [0.15, 0.2) is 33.2 Å². The van der Waals surface area contributed by atoms with Gasteiger partial charge < -0.3 is 5.11 Å². The van der Waals surface area contributed by atoms with Crippen LogP contribution in [0.5, 0.6) is 0 Å². The first kappa shape index (κ1) is 13.3. The number of halogens is 2. The molecule has 2 aromatic rings. The molecule has 0 amide bonds. The lowest BCUT2D eigenvalue weighted by Gasteiger charge is -2.10. The maximum absolute atomic E-state index is 10.3. The van der Waals surface area contributed by atoms with E-state index in [0.717, 1.165) is 24.9 Å². The van der Waals surface area contributed by atoms with E-state index in [-0.39, 0.29) is 0 Å². The Kier molecular flexibility index (Phi) is 4.08. The third-order valence-corrected chi connectivity index (χ3v) is 5.72. The minimum atomic E-state index is -0.545. The summed E-state index contributed by atoms with van der Waals surface area (Å²) in [5.74, 6) is 0. The van der Waals surface area contributed by atoms with Gasteiger partial charge in [-0.05, 0) is 53.0 Å². The zero-order valence-electron chi connectivity index (χ0n) is 9.50. The van der Waals surface area contributed by atoms with Crippen LogP contribution in [-0.4, -0.2) is 5.11 Å². The third kappa shape index (κ3) is 2.81. The highest BCUT2D eigenvalue weighted by Gasteiger charge is 2.15. The fraction of sp³-hybridized carbons (Fsp3) is 0.231. The van der Waals surface area contributed by atoms with Gasteiger partial charge in [-0.25, -0.2) is 0 Å². The van der Waals surface area contributed by atoms with Crippen LogP contribution in [0.25, 0.3) is 0 Å². The fourth-order valence-electron chi connectivity index (χ4n) is 1.62. The number of hydrogen-bond acceptors (Lipinski definition) is 2. The van der Waals surface area contributed by atoms with Crippen LogP contribution in [0.2, 0.25) is 0 Å². The summed E-state index contributed by atoms with van der Waals surface area (Å²) < 4.78 is 2.13. The minimum absolute atomic E-state index is 0.545. The van der Waals surface area contributed by atoms with Crippen molar-refractivity contribution in [1.29, 1.82) is 0 Å². The van der Waals surface area contributed by atoms with Gasteiger partial charge in [0.05, 0.1) is 0 Å². The lowest BCUT2D eigenvalue weighted by molar-refractivity contribution is 0.224. The number of aliphatic hydroxyl groups is 1. The fourth-order valence-corrected chi connectivity index (χ4v) is 3.44. The standard InChI is InChI=1S/C13H12Br2OS/c1-7-5-9(3-4-10(7)14)13(16)12-6-11(15)8(2)17-12/h3-6,13,16H,1-2H3. The maximum atomic E-state index is 10.3. The quantitative estimate of drug-likeness (QED) is 0.785. The lowest BCUT2D eigenvalue weighted by Crippen LogP contribution is -1.97. The molecule has 4 heteroatoms. The van der Waals surface area contributed by atoms with Crippen molar-refractivity contribution in [3.8, 4) is 0 Å². The number of rotatable bonds is 2. The summed E-state index contributed by atoms with van der Waals surface area (Å²) in [6, 6.07) is 7.92. The molecule has 0 saturated carbocycles. The Hall–Kier alpha value is -0.160. The molecule has 0 fully saturated rings. The molecule has 1 nitrogen and oxygen atoms in total. The summed E-state index contributed by atoms with van der Waals surface area (Å²) >= 11 is 8.56. The molecule has 0 aliphatic rings. The zero-order valence-corrected chi connectivity index (χ0v) is 13.5. The second-order valence-electron chi connectivity index (χ2n) is 3.96. The second-order valence-corrected chi connectivity index (χ2v) is 6.96. The van der Waals surface area contributed by atoms with Crippen LogP contribution in [0, 0.1) is 13.8 Å². The van der Waals surface area contributed by atoms with Gasteiger partial charge in [0.25, 0.3) is 0 Å². The molecule has 0 spiro atoms. The molecule has 1 heterocycles. The van der Waals surface area contributed by atoms with E-state index in [2.05, 4.69) is 31.9 Å². The first-order valence-electron chi connectivity index (χ1n) is 5.19. The van der Waals surface area contributed by atoms with Crippen molar-refractivity contribution in [2.24, 2.45) is 0 Å². The monoisotopic (exact) mass is 374 g/mol. The molecule has 1 N–H and O–H groups in total. The van der Waals surface area contributed by atoms with Crippen LogP contribution in [0.4, 0.5) is 0 Å². The molecular formula is C13H12Br2OS. The number of hydrogen-bond donors (Lipinski definition) is 1. The van der Waals surface area contributed by atoms with E-state index in [4.69, 9.17) is 0 Å². The average molecular weight is 376 g/mol. The van der Waals surface area contributed by atoms with Crippen LogP contribution >= 0.6 is 43.2 Å². The van der Waals surface area contributed by atoms with Crippen molar-refractivity contribution in [2.45, 2.75) is 20.0 Å². The Morgan fingerprint density at radius 3 is 2.35 bits per heavy atom.